The summed E-state index contributed by atoms with van der Waals surface area (Å²) in [6, 6.07) is 20.0. The number of thiophene rings is 1. The van der Waals surface area contributed by atoms with Gasteiger partial charge < -0.3 is 14.5 Å². The van der Waals surface area contributed by atoms with Crippen LogP contribution >= 0.6 is 22.9 Å². The lowest BCUT2D eigenvalue weighted by atomic mass is 10.0. The monoisotopic (exact) mass is 477 g/mol. The van der Waals surface area contributed by atoms with Crippen molar-refractivity contribution in [2.45, 2.75) is 6.61 Å². The van der Waals surface area contributed by atoms with E-state index in [0.717, 1.165) is 20.9 Å². The minimum Gasteiger partial charge on any atom is -0.459 e. The Hall–Kier alpha value is -3.68. The van der Waals surface area contributed by atoms with Gasteiger partial charge in [-0.25, -0.2) is 4.79 Å². The van der Waals surface area contributed by atoms with Crippen LogP contribution in [0.1, 0.15) is 15.2 Å². The molecule has 1 amide bonds. The van der Waals surface area contributed by atoms with Gasteiger partial charge in [0.25, 0.3) is 5.91 Å². The number of fused-ring (bicyclic) bond motifs is 4. The van der Waals surface area contributed by atoms with Crippen molar-refractivity contribution in [1.82, 2.24) is 5.32 Å². The summed E-state index contributed by atoms with van der Waals surface area (Å²) in [5.74, 6) is -1.09. The van der Waals surface area contributed by atoms with E-state index < -0.39 is 17.5 Å². The van der Waals surface area contributed by atoms with E-state index in [0.29, 0.717) is 26.4 Å². The summed E-state index contributed by atoms with van der Waals surface area (Å²) in [7, 11) is 0. The lowest BCUT2D eigenvalue weighted by Gasteiger charge is -2.10. The van der Waals surface area contributed by atoms with E-state index >= 15 is 0 Å². The molecule has 0 saturated carbocycles. The first kappa shape index (κ1) is 21.2. The summed E-state index contributed by atoms with van der Waals surface area (Å²) in [4.78, 5) is 37.2. The van der Waals surface area contributed by atoms with Crippen LogP contribution in [0.4, 0.5) is 0 Å². The van der Waals surface area contributed by atoms with Crippen LogP contribution in [0.15, 0.2) is 75.9 Å². The van der Waals surface area contributed by atoms with Crippen molar-refractivity contribution in [1.29, 1.82) is 0 Å². The Balaban J connectivity index is 1.31. The van der Waals surface area contributed by atoms with Gasteiger partial charge in [0.05, 0.1) is 5.02 Å². The molecule has 6 nitrogen and oxygen atoms in total. The SMILES string of the molecule is O=C(CNC(=O)c1sc2ccccc2c1Cl)OCc1cc(=O)oc2ccc3ccccc3c12. The smallest absolute Gasteiger partial charge is 0.336 e. The van der Waals surface area contributed by atoms with Crippen LogP contribution in [0, 0.1) is 0 Å². The van der Waals surface area contributed by atoms with Gasteiger partial charge in [0.15, 0.2) is 0 Å². The average molecular weight is 478 g/mol. The van der Waals surface area contributed by atoms with Crippen molar-refractivity contribution in [3.8, 4) is 0 Å². The predicted octanol–water partition coefficient (Wildman–Crippen LogP) is 5.29. The quantitative estimate of drug-likeness (QED) is 0.211. The fourth-order valence-corrected chi connectivity index (χ4v) is 5.17. The molecule has 0 aliphatic carbocycles. The average Bonchev–Trinajstić information content (AvgIpc) is 3.17. The molecular weight excluding hydrogens is 462 g/mol. The molecule has 164 valence electrons. The van der Waals surface area contributed by atoms with Crippen LogP contribution < -0.4 is 10.9 Å². The van der Waals surface area contributed by atoms with Gasteiger partial charge >= 0.3 is 11.6 Å². The lowest BCUT2D eigenvalue weighted by molar-refractivity contribution is -0.143. The summed E-state index contributed by atoms with van der Waals surface area (Å²) in [6.07, 6.45) is 0. The number of halogens is 1. The van der Waals surface area contributed by atoms with Crippen LogP contribution in [0.25, 0.3) is 31.8 Å². The van der Waals surface area contributed by atoms with Gasteiger partial charge in [-0.2, -0.15) is 0 Å². The van der Waals surface area contributed by atoms with Gasteiger partial charge in [0.1, 0.15) is 23.6 Å². The van der Waals surface area contributed by atoms with Gasteiger partial charge in [-0.05, 0) is 22.9 Å². The number of rotatable bonds is 5. The zero-order valence-corrected chi connectivity index (χ0v) is 18.7. The first-order valence-electron chi connectivity index (χ1n) is 10.1. The van der Waals surface area contributed by atoms with Crippen LogP contribution in [-0.2, 0) is 16.1 Å². The molecule has 33 heavy (non-hydrogen) atoms. The summed E-state index contributed by atoms with van der Waals surface area (Å²) in [6.45, 7) is -0.460. The number of hydrogen-bond donors (Lipinski definition) is 1. The molecule has 0 saturated heterocycles. The van der Waals surface area contributed by atoms with Gasteiger partial charge in [0, 0.05) is 27.1 Å². The van der Waals surface area contributed by atoms with Crippen LogP contribution in [0.2, 0.25) is 5.02 Å². The van der Waals surface area contributed by atoms with Gasteiger partial charge in [-0.3, -0.25) is 9.59 Å². The Kier molecular flexibility index (Phi) is 5.58. The molecule has 0 bridgehead atoms. The Bertz CT molecular complexity index is 1600. The molecule has 2 aromatic heterocycles. The second-order valence-corrected chi connectivity index (χ2v) is 8.77. The molecule has 0 atom stereocenters. The maximum atomic E-state index is 12.5. The summed E-state index contributed by atoms with van der Waals surface area (Å²) in [5.41, 5.74) is 0.418. The molecule has 0 aliphatic rings. The molecule has 5 rings (SSSR count). The van der Waals surface area contributed by atoms with Crippen molar-refractivity contribution >= 4 is 66.6 Å². The minimum atomic E-state index is -0.637. The van der Waals surface area contributed by atoms with Crippen LogP contribution in [-0.4, -0.2) is 18.4 Å². The molecular formula is C25H16ClNO5S. The Morgan fingerprint density at radius 2 is 1.76 bits per heavy atom. The van der Waals surface area contributed by atoms with E-state index in [-0.39, 0.29) is 13.2 Å². The number of carbonyl (C=O) groups excluding carboxylic acids is 2. The standard InChI is InChI=1S/C25H16ClNO5S/c26-23-17-7-3-4-8-19(17)33-24(23)25(30)27-12-21(29)31-13-15-11-20(28)32-18-10-9-14-5-1-2-6-16(14)22(15)18/h1-11H,12-13H2,(H,27,30). The van der Waals surface area contributed by atoms with Crippen molar-refractivity contribution in [2.75, 3.05) is 6.54 Å². The molecule has 2 heterocycles. The topological polar surface area (TPSA) is 85.6 Å². The number of nitrogens with one attached hydrogen (secondary N) is 1. The van der Waals surface area contributed by atoms with Crippen LogP contribution in [0.3, 0.4) is 0 Å². The fourth-order valence-electron chi connectivity index (χ4n) is 3.74. The number of ether oxygens (including phenoxy) is 1. The highest BCUT2D eigenvalue weighted by molar-refractivity contribution is 7.21. The van der Waals surface area contributed by atoms with Crippen molar-refractivity contribution in [3.63, 3.8) is 0 Å². The number of hydrogen-bond acceptors (Lipinski definition) is 6. The van der Waals surface area contributed by atoms with Gasteiger partial charge in [-0.1, -0.05) is 60.1 Å². The van der Waals surface area contributed by atoms with Crippen molar-refractivity contribution < 1.29 is 18.7 Å². The number of carbonyl (C=O) groups is 2. The molecule has 0 radical (unpaired) electrons. The van der Waals surface area contributed by atoms with E-state index in [1.165, 1.54) is 17.4 Å². The number of esters is 1. The highest BCUT2D eigenvalue weighted by Gasteiger charge is 2.18. The summed E-state index contributed by atoms with van der Waals surface area (Å²) < 4.78 is 11.6. The zero-order valence-electron chi connectivity index (χ0n) is 17.1. The third-order valence-corrected chi connectivity index (χ3v) is 6.91. The number of benzene rings is 3. The third kappa shape index (κ3) is 4.08. The van der Waals surface area contributed by atoms with E-state index in [2.05, 4.69) is 5.32 Å². The molecule has 1 N–H and O–H groups in total. The first-order valence-corrected chi connectivity index (χ1v) is 11.3. The molecule has 5 aromatic rings. The van der Waals surface area contributed by atoms with E-state index in [9.17, 15) is 14.4 Å². The van der Waals surface area contributed by atoms with E-state index in [1.54, 1.807) is 6.07 Å². The van der Waals surface area contributed by atoms with Crippen molar-refractivity contribution in [2.24, 2.45) is 0 Å². The highest BCUT2D eigenvalue weighted by Crippen LogP contribution is 2.35. The third-order valence-electron chi connectivity index (χ3n) is 5.24. The second-order valence-electron chi connectivity index (χ2n) is 7.34. The molecule has 3 aromatic carbocycles. The first-order chi connectivity index (χ1) is 16.0. The van der Waals surface area contributed by atoms with E-state index in [4.69, 9.17) is 20.8 Å². The lowest BCUT2D eigenvalue weighted by Crippen LogP contribution is -2.30. The molecule has 0 aliphatic heterocycles. The van der Waals surface area contributed by atoms with Gasteiger partial charge in [0.2, 0.25) is 0 Å². The van der Waals surface area contributed by atoms with E-state index in [1.807, 2.05) is 54.6 Å². The Morgan fingerprint density at radius 3 is 2.58 bits per heavy atom. The molecule has 8 heteroatoms. The molecule has 0 fully saturated rings. The predicted molar refractivity (Wildman–Crippen MR) is 129 cm³/mol. The minimum absolute atomic E-state index is 0.131. The Morgan fingerprint density at radius 1 is 1.00 bits per heavy atom. The fraction of sp³-hybridized carbons (Fsp3) is 0.0800. The molecule has 0 spiro atoms. The summed E-state index contributed by atoms with van der Waals surface area (Å²) >= 11 is 7.58. The second kappa shape index (κ2) is 8.69. The maximum absolute atomic E-state index is 12.5. The largest absolute Gasteiger partial charge is 0.459 e. The zero-order chi connectivity index (χ0) is 22.9. The Labute approximate surface area is 196 Å². The van der Waals surface area contributed by atoms with Crippen LogP contribution in [0.5, 0.6) is 0 Å². The maximum Gasteiger partial charge on any atom is 0.336 e. The molecule has 0 unspecified atom stereocenters. The van der Waals surface area contributed by atoms with Crippen molar-refractivity contribution in [3.05, 3.63) is 92.6 Å². The van der Waals surface area contributed by atoms with Gasteiger partial charge in [-0.15, -0.1) is 11.3 Å². The highest BCUT2D eigenvalue weighted by atomic mass is 35.5. The number of amides is 1. The summed E-state index contributed by atoms with van der Waals surface area (Å²) in [5, 5.41) is 6.26. The normalized spacial score (nSPS) is 11.2.